The number of unbranched alkanes of at least 4 members (excludes halogenated alkanes) is 3. The number of amides is 2. The number of carbonyl (C=O) groups excluding carboxylic acids is 2. The van der Waals surface area contributed by atoms with E-state index in [1.807, 2.05) is 10.6 Å². The predicted molar refractivity (Wildman–Crippen MR) is 64.7 cm³/mol. The Morgan fingerprint density at radius 3 is 1.25 bits per heavy atom. The molecule has 0 saturated carbocycles. The van der Waals surface area contributed by atoms with E-state index in [0.717, 1.165) is 0 Å². The van der Waals surface area contributed by atoms with Crippen LogP contribution in [0, 0.1) is 0 Å². The molecule has 0 aromatic rings. The smallest absolute Gasteiger partial charge is 0.324 e. The minimum Gasteiger partial charge on any atom is -0.740 e. The Morgan fingerprint density at radius 2 is 1.00 bits per heavy atom. The van der Waals surface area contributed by atoms with Crippen molar-refractivity contribution in [3.63, 3.8) is 0 Å². The molecule has 0 aliphatic heterocycles. The third-order valence-corrected chi connectivity index (χ3v) is 3.29. The van der Waals surface area contributed by atoms with Gasteiger partial charge in [-0.1, -0.05) is 12.8 Å². The van der Waals surface area contributed by atoms with Gasteiger partial charge in [-0.15, -0.1) is 0 Å². The van der Waals surface area contributed by atoms with Gasteiger partial charge in [0.05, 0.1) is 0 Å². The molecule has 12 heteroatoms. The second-order valence-electron chi connectivity index (χ2n) is 3.75. The average Bonchev–Trinajstić information content (AvgIpc) is 2.29. The molecule has 2 amide bonds. The fourth-order valence-electron chi connectivity index (χ4n) is 1.16. The minimum absolute atomic E-state index is 0.0155. The Balaban J connectivity index is 3.56. The molecule has 0 rings (SSSR count). The maximum Gasteiger partial charge on any atom is 0.324 e. The number of nitrogens with one attached hydrogen (secondary N) is 2. The zero-order chi connectivity index (χ0) is 15.8. The molecule has 0 atom stereocenters. The number of hydrogen-bond acceptors (Lipinski definition) is 8. The van der Waals surface area contributed by atoms with E-state index in [0.29, 0.717) is 25.7 Å². The maximum atomic E-state index is 10.6. The van der Waals surface area contributed by atoms with Crippen LogP contribution in [0.3, 0.4) is 0 Å². The highest BCUT2D eigenvalue weighted by atomic mass is 32.2. The molecule has 0 radical (unpaired) electrons. The molecule has 0 aromatic carbocycles. The van der Waals surface area contributed by atoms with Gasteiger partial charge < -0.3 is 19.7 Å². The fourth-order valence-corrected chi connectivity index (χ4v) is 1.72. The molecule has 0 unspecified atom stereocenters. The summed E-state index contributed by atoms with van der Waals surface area (Å²) >= 11 is 0. The van der Waals surface area contributed by atoms with Crippen molar-refractivity contribution >= 4 is 30.7 Å². The van der Waals surface area contributed by atoms with E-state index >= 15 is 0 Å². The standard InChI is InChI=1S/C8H16N2O8S2/c11-7(19(13,14)15)9-5-3-1-2-4-6-10-8(12)20(16,17)18/h1-6H2,(H,9,11)(H,10,12)(H,13,14,15)(H,16,17,18)/p-2. The lowest BCUT2D eigenvalue weighted by atomic mass is 10.2. The molecular weight excluding hydrogens is 316 g/mol. The Labute approximate surface area is 116 Å². The van der Waals surface area contributed by atoms with E-state index in [1.165, 1.54) is 0 Å². The number of rotatable bonds is 7. The highest BCUT2D eigenvalue weighted by Gasteiger charge is 2.08. The molecule has 0 spiro atoms. The van der Waals surface area contributed by atoms with Crippen molar-refractivity contribution in [2.45, 2.75) is 25.7 Å². The van der Waals surface area contributed by atoms with Gasteiger partial charge in [0, 0.05) is 13.1 Å². The van der Waals surface area contributed by atoms with E-state index < -0.39 is 30.7 Å². The van der Waals surface area contributed by atoms with Crippen LogP contribution in [-0.2, 0) is 20.2 Å². The number of hydrogen-bond donors (Lipinski definition) is 2. The molecule has 2 N–H and O–H groups in total. The van der Waals surface area contributed by atoms with Crippen LogP contribution in [0.5, 0.6) is 0 Å². The van der Waals surface area contributed by atoms with Crippen LogP contribution in [-0.4, -0.2) is 49.5 Å². The Hall–Kier alpha value is -1.24. The highest BCUT2D eigenvalue weighted by Crippen LogP contribution is 1.98. The summed E-state index contributed by atoms with van der Waals surface area (Å²) in [5, 5.41) is 0.687. The molecule has 0 bridgehead atoms. The molecule has 20 heavy (non-hydrogen) atoms. The second-order valence-corrected chi connectivity index (χ2v) is 6.31. The van der Waals surface area contributed by atoms with Gasteiger partial charge in [0.15, 0.2) is 20.2 Å². The van der Waals surface area contributed by atoms with Crippen LogP contribution < -0.4 is 10.6 Å². The first-order chi connectivity index (χ1) is 9.05. The molecule has 0 fully saturated rings. The van der Waals surface area contributed by atoms with Gasteiger partial charge in [0.25, 0.3) is 0 Å². The third kappa shape index (κ3) is 8.79. The van der Waals surface area contributed by atoms with Gasteiger partial charge in [0.2, 0.25) is 0 Å². The van der Waals surface area contributed by atoms with Crippen LogP contribution in [0.1, 0.15) is 25.7 Å². The molecule has 0 heterocycles. The number of carbonyl (C=O) groups is 2. The van der Waals surface area contributed by atoms with Gasteiger partial charge in [-0.3, -0.25) is 9.59 Å². The van der Waals surface area contributed by atoms with Crippen LogP contribution in [0.4, 0.5) is 9.59 Å². The zero-order valence-corrected chi connectivity index (χ0v) is 12.0. The van der Waals surface area contributed by atoms with Crippen LogP contribution in [0.25, 0.3) is 0 Å². The van der Waals surface area contributed by atoms with Gasteiger partial charge in [-0.05, 0) is 12.8 Å². The Bertz CT molecular complexity index is 489. The van der Waals surface area contributed by atoms with Crippen molar-refractivity contribution in [1.29, 1.82) is 0 Å². The summed E-state index contributed by atoms with van der Waals surface area (Å²) in [6, 6.07) is 0. The van der Waals surface area contributed by atoms with Crippen LogP contribution in [0.15, 0.2) is 0 Å². The first-order valence-electron chi connectivity index (χ1n) is 5.52. The summed E-state index contributed by atoms with van der Waals surface area (Å²) in [5.74, 6) is 0. The summed E-state index contributed by atoms with van der Waals surface area (Å²) < 4.78 is 61.2. The predicted octanol–water partition coefficient (Wildman–Crippen LogP) is -0.944. The maximum absolute atomic E-state index is 10.6. The van der Waals surface area contributed by atoms with E-state index in [1.54, 1.807) is 0 Å². The molecule has 0 aromatic heterocycles. The Morgan fingerprint density at radius 1 is 0.700 bits per heavy atom. The van der Waals surface area contributed by atoms with Gasteiger partial charge in [0.1, 0.15) is 0 Å². The summed E-state index contributed by atoms with van der Waals surface area (Å²) in [6.07, 6.45) is 1.93. The Kier molecular flexibility index (Phi) is 7.63. The zero-order valence-electron chi connectivity index (χ0n) is 10.3. The van der Waals surface area contributed by atoms with Crippen molar-refractivity contribution in [1.82, 2.24) is 10.6 Å². The van der Waals surface area contributed by atoms with Gasteiger partial charge in [-0.2, -0.15) is 0 Å². The SMILES string of the molecule is O=C(NCCCCCCNC(=O)S(=O)(=O)[O-])S(=O)(=O)[O-]. The molecule has 0 saturated heterocycles. The van der Waals surface area contributed by atoms with Crippen molar-refractivity contribution < 1.29 is 35.5 Å². The van der Waals surface area contributed by atoms with Crippen molar-refractivity contribution in [3.05, 3.63) is 0 Å². The topological polar surface area (TPSA) is 173 Å². The largest absolute Gasteiger partial charge is 0.740 e. The van der Waals surface area contributed by atoms with Crippen molar-refractivity contribution in [2.24, 2.45) is 0 Å². The molecule has 118 valence electrons. The molecule has 0 aliphatic carbocycles. The van der Waals surface area contributed by atoms with Crippen LogP contribution >= 0.6 is 0 Å². The van der Waals surface area contributed by atoms with Gasteiger partial charge in [-0.25, -0.2) is 16.8 Å². The summed E-state index contributed by atoms with van der Waals surface area (Å²) in [6.45, 7) is 0.0310. The molecule has 0 aliphatic rings. The lowest BCUT2D eigenvalue weighted by Gasteiger charge is -2.08. The quantitative estimate of drug-likeness (QED) is 0.444. The minimum atomic E-state index is -4.96. The van der Waals surface area contributed by atoms with E-state index in [-0.39, 0.29) is 13.1 Å². The monoisotopic (exact) mass is 330 g/mol. The van der Waals surface area contributed by atoms with Crippen molar-refractivity contribution in [3.8, 4) is 0 Å². The fraction of sp³-hybridized carbons (Fsp3) is 0.750. The van der Waals surface area contributed by atoms with E-state index in [2.05, 4.69) is 0 Å². The average molecular weight is 330 g/mol. The van der Waals surface area contributed by atoms with E-state index in [4.69, 9.17) is 0 Å². The summed E-state index contributed by atoms with van der Waals surface area (Å²) in [7, 11) is -9.92. The highest BCUT2D eigenvalue weighted by molar-refractivity contribution is 8.01. The molecule has 10 nitrogen and oxygen atoms in total. The lowest BCUT2D eigenvalue weighted by molar-refractivity contribution is 0.254. The normalized spacial score (nSPS) is 11.9. The summed E-state index contributed by atoms with van der Waals surface area (Å²) in [5.41, 5.74) is 0. The van der Waals surface area contributed by atoms with Crippen molar-refractivity contribution in [2.75, 3.05) is 13.1 Å². The third-order valence-electron chi connectivity index (χ3n) is 2.10. The first-order valence-corrected chi connectivity index (χ1v) is 8.34. The lowest BCUT2D eigenvalue weighted by Crippen LogP contribution is -2.30. The second kappa shape index (κ2) is 8.14. The first kappa shape index (κ1) is 18.8. The van der Waals surface area contributed by atoms with Gasteiger partial charge >= 0.3 is 10.5 Å². The van der Waals surface area contributed by atoms with Crippen LogP contribution in [0.2, 0.25) is 0 Å². The molecular formula is C8H14N2O8S2-2. The summed E-state index contributed by atoms with van der Waals surface area (Å²) in [4.78, 5) is 21.2. The van der Waals surface area contributed by atoms with E-state index in [9.17, 15) is 35.5 Å².